The third-order valence-corrected chi connectivity index (χ3v) is 4.21. The predicted molar refractivity (Wildman–Crippen MR) is 102 cm³/mol. The lowest BCUT2D eigenvalue weighted by Gasteiger charge is -2.16. The average molecular weight is 367 g/mol. The van der Waals surface area contributed by atoms with Crippen LogP contribution in [-0.4, -0.2) is 20.7 Å². The number of carboxylic acids is 1. The number of carboxylic acid groups (broad SMARTS) is 1. The SMILES string of the molecule is CC(C)Cn1c(C(=O)O)c(O)c2cc(OCc3ccccc3)ccc2c1=O. The van der Waals surface area contributed by atoms with Gasteiger partial charge in [0, 0.05) is 11.9 Å². The van der Waals surface area contributed by atoms with Crippen LogP contribution in [0.3, 0.4) is 0 Å². The van der Waals surface area contributed by atoms with Crippen molar-refractivity contribution in [3.8, 4) is 11.5 Å². The summed E-state index contributed by atoms with van der Waals surface area (Å²) >= 11 is 0. The largest absolute Gasteiger partial charge is 0.505 e. The minimum Gasteiger partial charge on any atom is -0.505 e. The molecule has 1 aromatic heterocycles. The number of rotatable bonds is 6. The van der Waals surface area contributed by atoms with Crippen molar-refractivity contribution in [3.05, 3.63) is 70.1 Å². The number of nitrogens with zero attached hydrogens (tertiary/aromatic N) is 1. The number of aromatic hydroxyl groups is 1. The van der Waals surface area contributed by atoms with Gasteiger partial charge >= 0.3 is 5.97 Å². The van der Waals surface area contributed by atoms with Gasteiger partial charge < -0.3 is 14.9 Å². The molecule has 0 bridgehead atoms. The fourth-order valence-electron chi connectivity index (χ4n) is 2.99. The number of benzene rings is 2. The first-order valence-corrected chi connectivity index (χ1v) is 8.68. The molecule has 0 aliphatic heterocycles. The van der Waals surface area contributed by atoms with Crippen molar-refractivity contribution < 1.29 is 19.7 Å². The Hall–Kier alpha value is -3.28. The molecule has 140 valence electrons. The smallest absolute Gasteiger partial charge is 0.356 e. The first-order chi connectivity index (χ1) is 12.9. The number of ether oxygens (including phenoxy) is 1. The Labute approximate surface area is 156 Å². The summed E-state index contributed by atoms with van der Waals surface area (Å²) in [5, 5.41) is 20.5. The first-order valence-electron chi connectivity index (χ1n) is 8.68. The second kappa shape index (κ2) is 7.53. The van der Waals surface area contributed by atoms with Crippen LogP contribution in [0.2, 0.25) is 0 Å². The monoisotopic (exact) mass is 367 g/mol. The lowest BCUT2D eigenvalue weighted by molar-refractivity contribution is 0.0679. The highest BCUT2D eigenvalue weighted by molar-refractivity contribution is 5.98. The molecular weight excluding hydrogens is 346 g/mol. The molecule has 0 amide bonds. The molecule has 0 spiro atoms. The van der Waals surface area contributed by atoms with Crippen molar-refractivity contribution in [2.45, 2.75) is 27.0 Å². The van der Waals surface area contributed by atoms with Crippen molar-refractivity contribution in [1.82, 2.24) is 4.57 Å². The van der Waals surface area contributed by atoms with Crippen LogP contribution < -0.4 is 10.3 Å². The summed E-state index contributed by atoms with van der Waals surface area (Å²) in [4.78, 5) is 24.4. The van der Waals surface area contributed by atoms with Crippen LogP contribution in [0, 0.1) is 5.92 Å². The molecule has 1 heterocycles. The number of hydrogen-bond acceptors (Lipinski definition) is 4. The van der Waals surface area contributed by atoms with Crippen LogP contribution in [-0.2, 0) is 13.2 Å². The summed E-state index contributed by atoms with van der Waals surface area (Å²) in [7, 11) is 0. The Morgan fingerprint density at radius 3 is 2.44 bits per heavy atom. The zero-order valence-electron chi connectivity index (χ0n) is 15.2. The van der Waals surface area contributed by atoms with E-state index in [1.165, 1.54) is 6.07 Å². The molecule has 27 heavy (non-hydrogen) atoms. The molecule has 0 aliphatic rings. The van der Waals surface area contributed by atoms with Gasteiger partial charge in [0.05, 0.1) is 5.39 Å². The van der Waals surface area contributed by atoms with E-state index < -0.39 is 23.0 Å². The van der Waals surface area contributed by atoms with Crippen molar-refractivity contribution in [1.29, 1.82) is 0 Å². The van der Waals surface area contributed by atoms with E-state index in [0.717, 1.165) is 10.1 Å². The van der Waals surface area contributed by atoms with Gasteiger partial charge in [0.2, 0.25) is 0 Å². The standard InChI is InChI=1S/C21H21NO5/c1-13(2)11-22-18(21(25)26)19(23)17-10-15(8-9-16(17)20(22)24)27-12-14-6-4-3-5-7-14/h3-10,13,23H,11-12H2,1-2H3,(H,25,26). The van der Waals surface area contributed by atoms with Gasteiger partial charge in [-0.05, 0) is 29.7 Å². The summed E-state index contributed by atoms with van der Waals surface area (Å²) in [5.41, 5.74) is 0.130. The van der Waals surface area contributed by atoms with Gasteiger partial charge in [-0.2, -0.15) is 0 Å². The van der Waals surface area contributed by atoms with E-state index in [1.54, 1.807) is 12.1 Å². The summed E-state index contributed by atoms with van der Waals surface area (Å²) < 4.78 is 6.84. The van der Waals surface area contributed by atoms with Gasteiger partial charge in [-0.25, -0.2) is 4.79 Å². The molecule has 0 aliphatic carbocycles. The number of hydrogen-bond donors (Lipinski definition) is 2. The maximum atomic E-state index is 12.8. The Morgan fingerprint density at radius 2 is 1.81 bits per heavy atom. The lowest BCUT2D eigenvalue weighted by atomic mass is 10.1. The van der Waals surface area contributed by atoms with Crippen LogP contribution in [0.15, 0.2) is 53.3 Å². The Balaban J connectivity index is 2.07. The molecule has 0 atom stereocenters. The third kappa shape index (κ3) is 3.79. The maximum absolute atomic E-state index is 12.8. The van der Waals surface area contributed by atoms with Crippen LogP contribution in [0.1, 0.15) is 29.9 Å². The number of aromatic nitrogens is 1. The summed E-state index contributed by atoms with van der Waals surface area (Å²) in [6.07, 6.45) is 0. The zero-order chi connectivity index (χ0) is 19.6. The molecular formula is C21H21NO5. The molecule has 3 aromatic rings. The van der Waals surface area contributed by atoms with Gasteiger partial charge in [0.15, 0.2) is 11.4 Å². The minimum atomic E-state index is -1.34. The Morgan fingerprint density at radius 1 is 1.11 bits per heavy atom. The fourth-order valence-corrected chi connectivity index (χ4v) is 2.99. The van der Waals surface area contributed by atoms with Gasteiger partial charge in [-0.15, -0.1) is 0 Å². The fraction of sp³-hybridized carbons (Fsp3) is 0.238. The zero-order valence-corrected chi connectivity index (χ0v) is 15.2. The van der Waals surface area contributed by atoms with Crippen molar-refractivity contribution in [2.24, 2.45) is 5.92 Å². The van der Waals surface area contributed by atoms with Gasteiger partial charge in [-0.3, -0.25) is 9.36 Å². The van der Waals surface area contributed by atoms with E-state index in [2.05, 4.69) is 0 Å². The van der Waals surface area contributed by atoms with Crippen molar-refractivity contribution in [2.75, 3.05) is 0 Å². The Kier molecular flexibility index (Phi) is 5.16. The molecule has 2 N–H and O–H groups in total. The van der Waals surface area contributed by atoms with Crippen molar-refractivity contribution in [3.63, 3.8) is 0 Å². The maximum Gasteiger partial charge on any atom is 0.356 e. The van der Waals surface area contributed by atoms with E-state index in [-0.39, 0.29) is 23.2 Å². The molecule has 3 rings (SSSR count). The van der Waals surface area contributed by atoms with Crippen LogP contribution >= 0.6 is 0 Å². The highest BCUT2D eigenvalue weighted by Crippen LogP contribution is 2.30. The molecule has 0 saturated heterocycles. The average Bonchev–Trinajstić information content (AvgIpc) is 2.64. The molecule has 0 unspecified atom stereocenters. The topological polar surface area (TPSA) is 88.8 Å². The van der Waals surface area contributed by atoms with Crippen LogP contribution in [0.5, 0.6) is 11.5 Å². The van der Waals surface area contributed by atoms with Crippen molar-refractivity contribution >= 4 is 16.7 Å². The Bertz CT molecular complexity index is 1040. The summed E-state index contributed by atoms with van der Waals surface area (Å²) in [5.74, 6) is -1.28. The molecule has 0 fully saturated rings. The van der Waals surface area contributed by atoms with E-state index in [4.69, 9.17) is 4.74 Å². The van der Waals surface area contributed by atoms with E-state index >= 15 is 0 Å². The minimum absolute atomic E-state index is 0.0473. The van der Waals surface area contributed by atoms with E-state index in [9.17, 15) is 19.8 Å². The number of pyridine rings is 1. The molecule has 6 nitrogen and oxygen atoms in total. The second-order valence-corrected chi connectivity index (χ2v) is 6.79. The molecule has 2 aromatic carbocycles. The predicted octanol–water partition coefficient (Wildman–Crippen LogP) is 3.64. The quantitative estimate of drug-likeness (QED) is 0.694. The summed E-state index contributed by atoms with van der Waals surface area (Å²) in [6.45, 7) is 4.28. The number of carbonyl (C=O) groups is 1. The molecule has 0 radical (unpaired) electrons. The van der Waals surface area contributed by atoms with Gasteiger partial charge in [0.1, 0.15) is 12.4 Å². The molecule has 6 heteroatoms. The highest BCUT2D eigenvalue weighted by Gasteiger charge is 2.22. The van der Waals surface area contributed by atoms with Crippen LogP contribution in [0.4, 0.5) is 0 Å². The first kappa shape index (κ1) is 18.5. The summed E-state index contributed by atoms with van der Waals surface area (Å²) in [6, 6.07) is 14.3. The number of fused-ring (bicyclic) bond motifs is 1. The lowest BCUT2D eigenvalue weighted by Crippen LogP contribution is -2.28. The van der Waals surface area contributed by atoms with Crippen LogP contribution in [0.25, 0.3) is 10.8 Å². The number of aromatic carboxylic acids is 1. The van der Waals surface area contributed by atoms with E-state index in [1.807, 2.05) is 44.2 Å². The second-order valence-electron chi connectivity index (χ2n) is 6.79. The third-order valence-electron chi connectivity index (χ3n) is 4.21. The van der Waals surface area contributed by atoms with Gasteiger partial charge in [0.25, 0.3) is 5.56 Å². The van der Waals surface area contributed by atoms with Gasteiger partial charge in [-0.1, -0.05) is 44.2 Å². The highest BCUT2D eigenvalue weighted by atomic mass is 16.5. The molecule has 0 saturated carbocycles. The van der Waals surface area contributed by atoms with E-state index in [0.29, 0.717) is 12.4 Å². The normalized spacial score (nSPS) is 11.1.